The van der Waals surface area contributed by atoms with Crippen molar-refractivity contribution in [3.63, 3.8) is 0 Å². The van der Waals surface area contributed by atoms with Crippen LogP contribution in [0.15, 0.2) is 30.5 Å². The van der Waals surface area contributed by atoms with Crippen LogP contribution < -0.4 is 11.1 Å². The molecule has 102 valence electrons. The highest BCUT2D eigenvalue weighted by molar-refractivity contribution is 5.86. The maximum Gasteiger partial charge on any atom is 0.237 e. The van der Waals surface area contributed by atoms with Gasteiger partial charge >= 0.3 is 0 Å². The van der Waals surface area contributed by atoms with Gasteiger partial charge in [0.1, 0.15) is 0 Å². The van der Waals surface area contributed by atoms with Crippen molar-refractivity contribution in [2.24, 2.45) is 5.73 Å². The fraction of sp³-hybridized carbons (Fsp3) is 0.400. The number of unbranched alkanes of at least 4 members (excludes halogenated alkanes) is 1. The van der Waals surface area contributed by atoms with Gasteiger partial charge in [0.15, 0.2) is 0 Å². The van der Waals surface area contributed by atoms with Gasteiger partial charge in [-0.2, -0.15) is 0 Å². The molecular weight excluding hydrogens is 238 g/mol. The molecule has 1 atom stereocenters. The lowest BCUT2D eigenvalue weighted by Crippen LogP contribution is -2.42. The molecule has 0 radical (unpaired) electrons. The topological polar surface area (TPSA) is 70.9 Å². The standard InChI is InChI=1S/C15H21N3O/c1-2-3-8-17-15(19)13(16)9-11-10-18-14-7-5-4-6-12(11)14/h4-7,10,13,18H,2-3,8-9,16H2,1H3,(H,17,19)/t13-/m0/s1. The Morgan fingerprint density at radius 1 is 1.42 bits per heavy atom. The van der Waals surface area contributed by atoms with Crippen LogP contribution in [0.5, 0.6) is 0 Å². The van der Waals surface area contributed by atoms with E-state index in [1.807, 2.05) is 30.5 Å². The van der Waals surface area contributed by atoms with E-state index in [2.05, 4.69) is 17.2 Å². The minimum atomic E-state index is -0.490. The molecule has 4 heteroatoms. The first kappa shape index (κ1) is 13.6. The normalized spacial score (nSPS) is 12.5. The van der Waals surface area contributed by atoms with Crippen LogP contribution in [0.25, 0.3) is 10.9 Å². The Kier molecular flexibility index (Phi) is 4.58. The van der Waals surface area contributed by atoms with Gasteiger partial charge in [-0.15, -0.1) is 0 Å². The smallest absolute Gasteiger partial charge is 0.237 e. The maximum atomic E-state index is 11.8. The van der Waals surface area contributed by atoms with Gasteiger partial charge in [-0.3, -0.25) is 4.79 Å². The van der Waals surface area contributed by atoms with Crippen LogP contribution in [0.3, 0.4) is 0 Å². The maximum absolute atomic E-state index is 11.8. The Morgan fingerprint density at radius 3 is 3.00 bits per heavy atom. The number of fused-ring (bicyclic) bond motifs is 1. The summed E-state index contributed by atoms with van der Waals surface area (Å²) in [5.41, 5.74) is 8.13. The van der Waals surface area contributed by atoms with Gasteiger partial charge in [-0.25, -0.2) is 0 Å². The number of aromatic nitrogens is 1. The van der Waals surface area contributed by atoms with E-state index in [1.165, 1.54) is 0 Å². The number of rotatable bonds is 6. The summed E-state index contributed by atoms with van der Waals surface area (Å²) in [6.45, 7) is 2.80. The van der Waals surface area contributed by atoms with Crippen molar-refractivity contribution in [3.05, 3.63) is 36.0 Å². The molecule has 19 heavy (non-hydrogen) atoms. The van der Waals surface area contributed by atoms with Crippen molar-refractivity contribution < 1.29 is 4.79 Å². The lowest BCUT2D eigenvalue weighted by molar-refractivity contribution is -0.122. The summed E-state index contributed by atoms with van der Waals surface area (Å²) in [5, 5.41) is 4.01. The third-order valence-electron chi connectivity index (χ3n) is 3.28. The third-order valence-corrected chi connectivity index (χ3v) is 3.28. The quantitative estimate of drug-likeness (QED) is 0.694. The molecule has 4 N–H and O–H groups in total. The second kappa shape index (κ2) is 6.38. The molecule has 0 aliphatic heterocycles. The van der Waals surface area contributed by atoms with Crippen LogP contribution >= 0.6 is 0 Å². The second-order valence-corrected chi connectivity index (χ2v) is 4.81. The molecule has 1 aromatic carbocycles. The van der Waals surface area contributed by atoms with Gasteiger partial charge in [-0.05, 0) is 24.5 Å². The molecular formula is C15H21N3O. The summed E-state index contributed by atoms with van der Waals surface area (Å²) >= 11 is 0. The number of nitrogens with one attached hydrogen (secondary N) is 2. The van der Waals surface area contributed by atoms with E-state index >= 15 is 0 Å². The molecule has 0 unspecified atom stereocenters. The zero-order chi connectivity index (χ0) is 13.7. The fourth-order valence-electron chi connectivity index (χ4n) is 2.15. The van der Waals surface area contributed by atoms with E-state index in [9.17, 15) is 4.79 Å². The molecule has 0 saturated carbocycles. The van der Waals surface area contributed by atoms with Crippen LogP contribution in [-0.4, -0.2) is 23.5 Å². The highest BCUT2D eigenvalue weighted by atomic mass is 16.2. The van der Waals surface area contributed by atoms with E-state index in [-0.39, 0.29) is 5.91 Å². The Bertz CT molecular complexity index is 547. The van der Waals surface area contributed by atoms with Crippen molar-refractivity contribution >= 4 is 16.8 Å². The third kappa shape index (κ3) is 3.35. The zero-order valence-electron chi connectivity index (χ0n) is 11.3. The Balaban J connectivity index is 1.98. The summed E-state index contributed by atoms with van der Waals surface area (Å²) in [4.78, 5) is 15.0. The van der Waals surface area contributed by atoms with Crippen molar-refractivity contribution in [1.82, 2.24) is 10.3 Å². The second-order valence-electron chi connectivity index (χ2n) is 4.81. The molecule has 1 amide bonds. The first-order valence-electron chi connectivity index (χ1n) is 6.80. The summed E-state index contributed by atoms with van der Waals surface area (Å²) in [7, 11) is 0. The largest absolute Gasteiger partial charge is 0.361 e. The lowest BCUT2D eigenvalue weighted by atomic mass is 10.1. The number of para-hydroxylation sites is 1. The number of carbonyl (C=O) groups is 1. The first-order chi connectivity index (χ1) is 9.22. The van der Waals surface area contributed by atoms with Crippen molar-refractivity contribution in [2.75, 3.05) is 6.54 Å². The Morgan fingerprint density at radius 2 is 2.21 bits per heavy atom. The molecule has 0 bridgehead atoms. The van der Waals surface area contributed by atoms with Gasteiger partial charge < -0.3 is 16.0 Å². The van der Waals surface area contributed by atoms with Gasteiger partial charge in [0.25, 0.3) is 0 Å². The summed E-state index contributed by atoms with van der Waals surface area (Å²) in [6.07, 6.45) is 4.55. The molecule has 2 aromatic rings. The minimum Gasteiger partial charge on any atom is -0.361 e. The molecule has 0 saturated heterocycles. The van der Waals surface area contributed by atoms with E-state index in [0.29, 0.717) is 13.0 Å². The zero-order valence-corrected chi connectivity index (χ0v) is 11.3. The van der Waals surface area contributed by atoms with Crippen molar-refractivity contribution in [3.8, 4) is 0 Å². The van der Waals surface area contributed by atoms with Gasteiger partial charge in [0.05, 0.1) is 6.04 Å². The van der Waals surface area contributed by atoms with E-state index < -0.39 is 6.04 Å². The van der Waals surface area contributed by atoms with Crippen LogP contribution in [0, 0.1) is 0 Å². The molecule has 0 spiro atoms. The van der Waals surface area contributed by atoms with Crippen LogP contribution in [-0.2, 0) is 11.2 Å². The predicted octanol–water partition coefficient (Wildman–Crippen LogP) is 1.95. The van der Waals surface area contributed by atoms with E-state index in [1.54, 1.807) is 0 Å². The predicted molar refractivity (Wildman–Crippen MR) is 77.9 cm³/mol. The van der Waals surface area contributed by atoms with Crippen molar-refractivity contribution in [2.45, 2.75) is 32.2 Å². The number of nitrogens with two attached hydrogens (primary N) is 1. The first-order valence-corrected chi connectivity index (χ1v) is 6.80. The summed E-state index contributed by atoms with van der Waals surface area (Å²) < 4.78 is 0. The number of H-pyrrole nitrogens is 1. The number of hydrogen-bond donors (Lipinski definition) is 3. The van der Waals surface area contributed by atoms with E-state index in [4.69, 9.17) is 5.73 Å². The molecule has 2 rings (SSSR count). The average Bonchev–Trinajstić information content (AvgIpc) is 2.82. The van der Waals surface area contributed by atoms with Crippen LogP contribution in [0.2, 0.25) is 0 Å². The van der Waals surface area contributed by atoms with Gasteiger partial charge in [-0.1, -0.05) is 31.5 Å². The molecule has 0 aliphatic carbocycles. The number of carbonyl (C=O) groups excluding carboxylic acids is 1. The lowest BCUT2D eigenvalue weighted by Gasteiger charge is -2.11. The number of hydrogen-bond acceptors (Lipinski definition) is 2. The number of amides is 1. The molecule has 1 heterocycles. The highest BCUT2D eigenvalue weighted by Gasteiger charge is 2.15. The molecule has 4 nitrogen and oxygen atoms in total. The van der Waals surface area contributed by atoms with Gasteiger partial charge in [0.2, 0.25) is 5.91 Å². The molecule has 0 aliphatic rings. The van der Waals surface area contributed by atoms with E-state index in [0.717, 1.165) is 29.3 Å². The summed E-state index contributed by atoms with van der Waals surface area (Å²) in [5.74, 6) is -0.0706. The Hall–Kier alpha value is -1.81. The van der Waals surface area contributed by atoms with Gasteiger partial charge in [0, 0.05) is 23.6 Å². The molecule has 0 fully saturated rings. The van der Waals surface area contributed by atoms with Crippen LogP contribution in [0.1, 0.15) is 25.3 Å². The summed E-state index contributed by atoms with van der Waals surface area (Å²) in [6, 6.07) is 7.55. The van der Waals surface area contributed by atoms with Crippen molar-refractivity contribution in [1.29, 1.82) is 0 Å². The highest BCUT2D eigenvalue weighted by Crippen LogP contribution is 2.18. The van der Waals surface area contributed by atoms with Crippen LogP contribution in [0.4, 0.5) is 0 Å². The minimum absolute atomic E-state index is 0.0706. The SMILES string of the molecule is CCCCNC(=O)[C@@H](N)Cc1c[nH]c2ccccc12. The number of aromatic amines is 1. The number of benzene rings is 1. The monoisotopic (exact) mass is 259 g/mol. The fourth-order valence-corrected chi connectivity index (χ4v) is 2.15. The molecule has 1 aromatic heterocycles. The average molecular weight is 259 g/mol. The Labute approximate surface area is 113 Å².